The fourth-order valence-corrected chi connectivity index (χ4v) is 3.57. The Morgan fingerprint density at radius 2 is 1.83 bits per heavy atom. The molecule has 0 saturated heterocycles. The minimum atomic E-state index is -0.617. The van der Waals surface area contributed by atoms with E-state index in [0.29, 0.717) is 16.9 Å². The van der Waals surface area contributed by atoms with E-state index in [2.05, 4.69) is 10.6 Å². The van der Waals surface area contributed by atoms with Crippen molar-refractivity contribution in [3.05, 3.63) is 41.1 Å². The Hall–Kier alpha value is -2.81. The minimum absolute atomic E-state index is 0.00886. The van der Waals surface area contributed by atoms with Gasteiger partial charge in [-0.2, -0.15) is 0 Å². The Morgan fingerprint density at radius 3 is 2.48 bits per heavy atom. The van der Waals surface area contributed by atoms with Crippen LogP contribution in [0.3, 0.4) is 0 Å². The summed E-state index contributed by atoms with van der Waals surface area (Å²) in [7, 11) is 0. The van der Waals surface area contributed by atoms with Gasteiger partial charge in [-0.15, -0.1) is 11.8 Å². The first kappa shape index (κ1) is 22.5. The topological polar surface area (TPSA) is 111 Å². The molecule has 1 atom stereocenters. The zero-order valence-corrected chi connectivity index (χ0v) is 17.4. The SMILES string of the molecule is CCOC(=O)C1=C(COC(=O)c2ccccc2SCC(C)=O)NC(=O)N[C@@H]1CC. The highest BCUT2D eigenvalue weighted by Gasteiger charge is 2.32. The molecule has 1 aromatic rings. The number of carbonyl (C=O) groups is 4. The van der Waals surface area contributed by atoms with Crippen LogP contribution in [0.25, 0.3) is 0 Å². The van der Waals surface area contributed by atoms with Gasteiger partial charge in [-0.1, -0.05) is 19.1 Å². The van der Waals surface area contributed by atoms with Gasteiger partial charge in [0.1, 0.15) is 12.4 Å². The molecule has 0 bridgehead atoms. The molecule has 0 unspecified atom stereocenters. The quantitative estimate of drug-likeness (QED) is 0.466. The van der Waals surface area contributed by atoms with Crippen molar-refractivity contribution in [2.75, 3.05) is 19.0 Å². The Bertz CT molecular complexity index is 836. The van der Waals surface area contributed by atoms with Gasteiger partial charge in [0.15, 0.2) is 0 Å². The highest BCUT2D eigenvalue weighted by molar-refractivity contribution is 8.00. The molecule has 0 aliphatic carbocycles. The summed E-state index contributed by atoms with van der Waals surface area (Å²) in [5.41, 5.74) is 0.742. The third kappa shape index (κ3) is 6.08. The van der Waals surface area contributed by atoms with Gasteiger partial charge >= 0.3 is 18.0 Å². The first-order valence-corrected chi connectivity index (χ1v) is 10.2. The van der Waals surface area contributed by atoms with E-state index >= 15 is 0 Å². The number of carbonyl (C=O) groups excluding carboxylic acids is 4. The van der Waals surface area contributed by atoms with E-state index in [1.165, 1.54) is 18.7 Å². The number of nitrogens with one attached hydrogen (secondary N) is 2. The maximum absolute atomic E-state index is 12.6. The fraction of sp³-hybridized carbons (Fsp3) is 0.400. The van der Waals surface area contributed by atoms with E-state index < -0.39 is 24.0 Å². The van der Waals surface area contributed by atoms with E-state index in [9.17, 15) is 19.2 Å². The first-order valence-electron chi connectivity index (χ1n) is 9.23. The number of hydrogen-bond acceptors (Lipinski definition) is 7. The lowest BCUT2D eigenvalue weighted by Crippen LogP contribution is -2.51. The number of rotatable bonds is 9. The van der Waals surface area contributed by atoms with Crippen LogP contribution in [-0.2, 0) is 19.1 Å². The normalized spacial score (nSPS) is 16.0. The Morgan fingerprint density at radius 1 is 1.10 bits per heavy atom. The number of ether oxygens (including phenoxy) is 2. The molecule has 0 fully saturated rings. The van der Waals surface area contributed by atoms with Crippen molar-refractivity contribution in [2.45, 2.75) is 38.1 Å². The van der Waals surface area contributed by atoms with Crippen molar-refractivity contribution < 1.29 is 28.7 Å². The lowest BCUT2D eigenvalue weighted by molar-refractivity contribution is -0.139. The van der Waals surface area contributed by atoms with Crippen LogP contribution >= 0.6 is 11.8 Å². The molecule has 156 valence electrons. The second kappa shape index (κ2) is 10.7. The second-order valence-electron chi connectivity index (χ2n) is 6.23. The van der Waals surface area contributed by atoms with E-state index in [0.717, 1.165) is 0 Å². The van der Waals surface area contributed by atoms with Crippen LogP contribution in [0.4, 0.5) is 4.79 Å². The van der Waals surface area contributed by atoms with Gasteiger partial charge in [0.2, 0.25) is 0 Å². The Kier molecular flexibility index (Phi) is 8.26. The van der Waals surface area contributed by atoms with Crippen LogP contribution < -0.4 is 10.6 Å². The number of thioether (sulfide) groups is 1. The van der Waals surface area contributed by atoms with Crippen molar-refractivity contribution in [1.82, 2.24) is 10.6 Å². The molecule has 1 aliphatic rings. The van der Waals surface area contributed by atoms with Crippen molar-refractivity contribution in [2.24, 2.45) is 0 Å². The third-order valence-electron chi connectivity index (χ3n) is 4.03. The largest absolute Gasteiger partial charge is 0.463 e. The van der Waals surface area contributed by atoms with Gasteiger partial charge in [-0.25, -0.2) is 14.4 Å². The third-order valence-corrected chi connectivity index (χ3v) is 5.25. The summed E-state index contributed by atoms with van der Waals surface area (Å²) in [5.74, 6) is -0.962. The zero-order chi connectivity index (χ0) is 21.4. The van der Waals surface area contributed by atoms with Gasteiger partial charge in [-0.3, -0.25) is 4.79 Å². The summed E-state index contributed by atoms with van der Waals surface area (Å²) in [6.07, 6.45) is 0.476. The molecule has 0 spiro atoms. The van der Waals surface area contributed by atoms with Crippen LogP contribution in [0, 0.1) is 0 Å². The summed E-state index contributed by atoms with van der Waals surface area (Å²) in [5, 5.41) is 5.19. The van der Waals surface area contributed by atoms with E-state index in [-0.39, 0.29) is 36.0 Å². The molecule has 0 radical (unpaired) electrons. The molecule has 9 heteroatoms. The average molecular weight is 420 g/mol. The molecule has 0 aromatic heterocycles. The van der Waals surface area contributed by atoms with Crippen LogP contribution in [0.2, 0.25) is 0 Å². The average Bonchev–Trinajstić information content (AvgIpc) is 2.70. The lowest BCUT2D eigenvalue weighted by Gasteiger charge is -2.28. The predicted molar refractivity (Wildman–Crippen MR) is 108 cm³/mol. The number of amides is 2. The smallest absolute Gasteiger partial charge is 0.339 e. The van der Waals surface area contributed by atoms with Gasteiger partial charge in [0.25, 0.3) is 0 Å². The molecule has 2 rings (SSSR count). The molecule has 1 heterocycles. The standard InChI is InChI=1S/C20H24N2O6S/c1-4-14-17(19(25)27-5-2)15(22-20(26)21-14)10-28-18(24)13-8-6-7-9-16(13)29-11-12(3)23/h6-9,14H,4-5,10-11H2,1-3H3,(H2,21,22,26)/t14-/m1/s1. The molecule has 29 heavy (non-hydrogen) atoms. The number of hydrogen-bond donors (Lipinski definition) is 2. The lowest BCUT2D eigenvalue weighted by atomic mass is 10.0. The molecule has 8 nitrogen and oxygen atoms in total. The molecular formula is C20H24N2O6S. The second-order valence-corrected chi connectivity index (χ2v) is 7.25. The highest BCUT2D eigenvalue weighted by atomic mass is 32.2. The highest BCUT2D eigenvalue weighted by Crippen LogP contribution is 2.24. The van der Waals surface area contributed by atoms with Crippen molar-refractivity contribution in [1.29, 1.82) is 0 Å². The Labute approximate surface area is 173 Å². The van der Waals surface area contributed by atoms with Crippen LogP contribution in [0.1, 0.15) is 37.6 Å². The number of esters is 2. The first-order chi connectivity index (χ1) is 13.9. The summed E-state index contributed by atoms with van der Waals surface area (Å²) in [6, 6.07) is 5.77. The minimum Gasteiger partial charge on any atom is -0.463 e. The van der Waals surface area contributed by atoms with Gasteiger partial charge < -0.3 is 20.1 Å². The van der Waals surface area contributed by atoms with Crippen molar-refractivity contribution in [3.8, 4) is 0 Å². The van der Waals surface area contributed by atoms with Crippen LogP contribution in [0.15, 0.2) is 40.4 Å². The predicted octanol–water partition coefficient (Wildman–Crippen LogP) is 2.43. The summed E-state index contributed by atoms with van der Waals surface area (Å²) < 4.78 is 10.4. The van der Waals surface area contributed by atoms with Gasteiger partial charge in [0.05, 0.1) is 35.2 Å². The monoisotopic (exact) mass is 420 g/mol. The van der Waals surface area contributed by atoms with Crippen LogP contribution in [-0.4, -0.2) is 48.8 Å². The molecule has 1 aliphatic heterocycles. The van der Waals surface area contributed by atoms with Gasteiger partial charge in [-0.05, 0) is 32.4 Å². The summed E-state index contributed by atoms with van der Waals surface area (Å²) in [6.45, 7) is 4.87. The van der Waals surface area contributed by atoms with Crippen molar-refractivity contribution in [3.63, 3.8) is 0 Å². The Balaban J connectivity index is 2.21. The van der Waals surface area contributed by atoms with E-state index in [1.54, 1.807) is 31.2 Å². The maximum atomic E-state index is 12.6. The van der Waals surface area contributed by atoms with Gasteiger partial charge in [0, 0.05) is 4.90 Å². The van der Waals surface area contributed by atoms with Crippen LogP contribution in [0.5, 0.6) is 0 Å². The molecule has 1 aromatic carbocycles. The number of benzene rings is 1. The summed E-state index contributed by atoms with van der Waals surface area (Å²) in [4.78, 5) is 48.7. The number of Topliss-reactive ketones (excluding diaryl/α,β-unsaturated/α-hetero) is 1. The molecule has 0 saturated carbocycles. The number of urea groups is 1. The summed E-state index contributed by atoms with van der Waals surface area (Å²) >= 11 is 1.25. The van der Waals surface area contributed by atoms with Crippen molar-refractivity contribution >= 4 is 35.5 Å². The molecular weight excluding hydrogens is 396 g/mol. The van der Waals surface area contributed by atoms with E-state index in [4.69, 9.17) is 9.47 Å². The fourth-order valence-electron chi connectivity index (χ4n) is 2.73. The number of ketones is 1. The van der Waals surface area contributed by atoms with E-state index in [1.807, 2.05) is 6.92 Å². The maximum Gasteiger partial charge on any atom is 0.339 e. The molecule has 2 amide bonds. The molecule has 2 N–H and O–H groups in total. The zero-order valence-electron chi connectivity index (χ0n) is 16.6.